The number of phenolic OH excluding ortho intramolecular Hbond substituents is 1. The molecule has 0 spiro atoms. The first-order valence-electron chi connectivity index (χ1n) is 14.2. The third kappa shape index (κ3) is 8.47. The molecule has 0 aliphatic heterocycles. The minimum atomic E-state index is -1.13. The van der Waals surface area contributed by atoms with Gasteiger partial charge in [-0.05, 0) is 70.6 Å². The summed E-state index contributed by atoms with van der Waals surface area (Å²) in [5.74, 6) is -1.13. The van der Waals surface area contributed by atoms with Gasteiger partial charge in [-0.15, -0.1) is 0 Å². The van der Waals surface area contributed by atoms with Crippen LogP contribution in [0.3, 0.4) is 0 Å². The Morgan fingerprint density at radius 2 is 1.55 bits per heavy atom. The molecular weight excluding hydrogens is 506 g/mol. The zero-order chi connectivity index (χ0) is 30.2. The smallest absolute Gasteiger partial charge is 0.408 e. The highest BCUT2D eigenvalue weighted by Crippen LogP contribution is 2.34. The first-order chi connectivity index (χ1) is 18.7. The van der Waals surface area contributed by atoms with Gasteiger partial charge in [0.05, 0.1) is 0 Å². The molecule has 0 fully saturated rings. The normalized spacial score (nSPS) is 13.6. The zero-order valence-corrected chi connectivity index (χ0v) is 25.6. The average Bonchev–Trinajstić information content (AvgIpc) is 2.87. The predicted octanol–water partition coefficient (Wildman–Crippen LogP) is 6.57. The molecule has 0 aromatic heterocycles. The van der Waals surface area contributed by atoms with Gasteiger partial charge < -0.3 is 25.4 Å². The van der Waals surface area contributed by atoms with Gasteiger partial charge in [0.15, 0.2) is 0 Å². The molecule has 220 valence electrons. The van der Waals surface area contributed by atoms with Crippen LogP contribution in [0.25, 0.3) is 0 Å². The van der Waals surface area contributed by atoms with Crippen LogP contribution in [0.15, 0.2) is 36.4 Å². The van der Waals surface area contributed by atoms with Crippen molar-refractivity contribution in [1.82, 2.24) is 10.2 Å². The number of hydrogen-bond acceptors (Lipinski definition) is 5. The maximum Gasteiger partial charge on any atom is 0.408 e. The summed E-state index contributed by atoms with van der Waals surface area (Å²) in [5, 5.41) is 16.9. The van der Waals surface area contributed by atoms with Crippen molar-refractivity contribution in [3.63, 3.8) is 0 Å². The van der Waals surface area contributed by atoms with Gasteiger partial charge in [-0.2, -0.15) is 0 Å². The van der Waals surface area contributed by atoms with E-state index in [1.165, 1.54) is 4.90 Å². The van der Waals surface area contributed by atoms with Crippen molar-refractivity contribution in [2.24, 2.45) is 5.92 Å². The Morgan fingerprint density at radius 3 is 2.10 bits per heavy atom. The van der Waals surface area contributed by atoms with Gasteiger partial charge in [0.25, 0.3) is 5.91 Å². The van der Waals surface area contributed by atoms with Crippen molar-refractivity contribution in [2.75, 3.05) is 11.9 Å². The number of phenols is 1. The highest BCUT2D eigenvalue weighted by atomic mass is 16.6. The van der Waals surface area contributed by atoms with Crippen LogP contribution in [0.1, 0.15) is 89.1 Å². The second kappa shape index (κ2) is 14.2. The topological polar surface area (TPSA) is 108 Å². The summed E-state index contributed by atoms with van der Waals surface area (Å²) in [6.07, 6.45) is 1.33. The molecule has 3 atom stereocenters. The van der Waals surface area contributed by atoms with E-state index < -0.39 is 35.6 Å². The van der Waals surface area contributed by atoms with E-state index in [4.69, 9.17) is 4.74 Å². The molecular formula is C32H47N3O5. The summed E-state index contributed by atoms with van der Waals surface area (Å²) in [6.45, 7) is 16.9. The number of para-hydroxylation sites is 2. The number of benzene rings is 2. The molecule has 0 aliphatic rings. The second-order valence-corrected chi connectivity index (χ2v) is 11.6. The number of aromatic hydroxyl groups is 1. The molecule has 3 unspecified atom stereocenters. The fraction of sp³-hybridized carbons (Fsp3) is 0.531. The largest absolute Gasteiger partial charge is 0.507 e. The molecule has 2 aromatic rings. The number of carbonyl (C=O) groups excluding carboxylic acids is 3. The van der Waals surface area contributed by atoms with E-state index in [0.29, 0.717) is 29.7 Å². The minimum absolute atomic E-state index is 0.0429. The van der Waals surface area contributed by atoms with Gasteiger partial charge in [0.1, 0.15) is 23.4 Å². The highest BCUT2D eigenvalue weighted by molar-refractivity contribution is 6.00. The SMILES string of the molecule is CCCCN(C(=O)C(NC(=O)OC(C)(C)C)C(C)CC)C(C(=O)Nc1c(C)cccc1C)c1cccc(C)c1O. The van der Waals surface area contributed by atoms with Crippen molar-refractivity contribution in [1.29, 1.82) is 0 Å². The number of nitrogens with one attached hydrogen (secondary N) is 2. The monoisotopic (exact) mass is 553 g/mol. The standard InChI is InChI=1S/C32H47N3O5/c1-10-12-19-35(30(38)26(20(3)11-2)34-31(39)40-32(7,8)9)27(24-18-14-17-23(6)28(24)36)29(37)33-25-21(4)15-13-16-22(25)5/h13-18,20,26-27,36H,10-12,19H2,1-9H3,(H,33,37)(H,34,39). The van der Waals surface area contributed by atoms with Crippen molar-refractivity contribution >= 4 is 23.6 Å². The van der Waals surface area contributed by atoms with Gasteiger partial charge in [0.2, 0.25) is 5.91 Å². The lowest BCUT2D eigenvalue weighted by Crippen LogP contribution is -2.55. The number of aryl methyl sites for hydroxylation is 3. The summed E-state index contributed by atoms with van der Waals surface area (Å²) in [7, 11) is 0. The Hall–Kier alpha value is -3.55. The van der Waals surface area contributed by atoms with E-state index in [-0.39, 0.29) is 18.2 Å². The van der Waals surface area contributed by atoms with Crippen molar-refractivity contribution in [3.8, 4) is 5.75 Å². The third-order valence-electron chi connectivity index (χ3n) is 7.04. The van der Waals surface area contributed by atoms with Crippen LogP contribution < -0.4 is 10.6 Å². The molecule has 0 aliphatic carbocycles. The number of ether oxygens (including phenoxy) is 1. The Balaban J connectivity index is 2.65. The lowest BCUT2D eigenvalue weighted by Gasteiger charge is -2.36. The maximum atomic E-state index is 14.3. The summed E-state index contributed by atoms with van der Waals surface area (Å²) >= 11 is 0. The zero-order valence-electron chi connectivity index (χ0n) is 25.6. The number of anilines is 1. The first kappa shape index (κ1) is 32.7. The fourth-order valence-electron chi connectivity index (χ4n) is 4.55. The Bertz CT molecular complexity index is 1170. The molecule has 0 heterocycles. The Kier molecular flexibility index (Phi) is 11.6. The van der Waals surface area contributed by atoms with Gasteiger partial charge in [-0.3, -0.25) is 9.59 Å². The Morgan fingerprint density at radius 1 is 0.975 bits per heavy atom. The summed E-state index contributed by atoms with van der Waals surface area (Å²) < 4.78 is 5.47. The predicted molar refractivity (Wildman–Crippen MR) is 159 cm³/mol. The van der Waals surface area contributed by atoms with Crippen molar-refractivity contribution < 1.29 is 24.2 Å². The van der Waals surface area contributed by atoms with Gasteiger partial charge in [-0.1, -0.05) is 70.0 Å². The molecule has 8 nitrogen and oxygen atoms in total. The van der Waals surface area contributed by atoms with E-state index in [9.17, 15) is 19.5 Å². The molecule has 2 rings (SSSR count). The molecule has 0 radical (unpaired) electrons. The van der Waals surface area contributed by atoms with Crippen LogP contribution in [0.5, 0.6) is 5.75 Å². The maximum absolute atomic E-state index is 14.3. The summed E-state index contributed by atoms with van der Waals surface area (Å²) in [6, 6.07) is 8.85. The summed E-state index contributed by atoms with van der Waals surface area (Å²) in [4.78, 5) is 42.8. The number of hydrogen-bond donors (Lipinski definition) is 3. The average molecular weight is 554 g/mol. The van der Waals surface area contributed by atoms with Gasteiger partial charge in [-0.25, -0.2) is 4.79 Å². The van der Waals surface area contributed by atoms with E-state index in [0.717, 1.165) is 17.5 Å². The number of unbranched alkanes of at least 4 members (excludes halogenated alkanes) is 1. The van der Waals surface area contributed by atoms with E-state index in [1.54, 1.807) is 45.9 Å². The first-order valence-corrected chi connectivity index (χ1v) is 14.2. The van der Waals surface area contributed by atoms with Crippen molar-refractivity contribution in [2.45, 2.75) is 99.3 Å². The van der Waals surface area contributed by atoms with E-state index in [2.05, 4.69) is 10.6 Å². The number of nitrogens with zero attached hydrogens (tertiary/aromatic N) is 1. The fourth-order valence-corrected chi connectivity index (χ4v) is 4.55. The molecule has 0 saturated heterocycles. The molecule has 0 saturated carbocycles. The number of carbonyl (C=O) groups is 3. The van der Waals surface area contributed by atoms with Crippen LogP contribution in [-0.2, 0) is 14.3 Å². The number of alkyl carbamates (subject to hydrolysis) is 1. The van der Waals surface area contributed by atoms with Gasteiger partial charge in [0, 0.05) is 17.8 Å². The summed E-state index contributed by atoms with van der Waals surface area (Å²) in [5.41, 5.74) is 2.62. The molecule has 2 aromatic carbocycles. The number of rotatable bonds is 11. The van der Waals surface area contributed by atoms with Crippen LogP contribution in [-0.4, -0.2) is 46.1 Å². The van der Waals surface area contributed by atoms with Crippen LogP contribution in [0.4, 0.5) is 10.5 Å². The highest BCUT2D eigenvalue weighted by Gasteiger charge is 2.39. The molecule has 8 heteroatoms. The lowest BCUT2D eigenvalue weighted by molar-refractivity contribution is -0.142. The molecule has 3 amide bonds. The molecule has 0 bridgehead atoms. The molecule has 40 heavy (non-hydrogen) atoms. The van der Waals surface area contributed by atoms with Crippen LogP contribution in [0.2, 0.25) is 0 Å². The Labute approximate surface area is 239 Å². The lowest BCUT2D eigenvalue weighted by atomic mass is 9.94. The molecule has 3 N–H and O–H groups in total. The van der Waals surface area contributed by atoms with Crippen LogP contribution in [0, 0.1) is 26.7 Å². The second-order valence-electron chi connectivity index (χ2n) is 11.6. The minimum Gasteiger partial charge on any atom is -0.507 e. The van der Waals surface area contributed by atoms with E-state index >= 15 is 0 Å². The van der Waals surface area contributed by atoms with E-state index in [1.807, 2.05) is 52.8 Å². The van der Waals surface area contributed by atoms with Crippen LogP contribution >= 0.6 is 0 Å². The third-order valence-corrected chi connectivity index (χ3v) is 7.04. The van der Waals surface area contributed by atoms with Crippen molar-refractivity contribution in [3.05, 3.63) is 58.7 Å². The quantitative estimate of drug-likeness (QED) is 0.292. The van der Waals surface area contributed by atoms with Gasteiger partial charge >= 0.3 is 6.09 Å². The number of amides is 3.